The molecule has 88 valence electrons. The van der Waals surface area contributed by atoms with Gasteiger partial charge < -0.3 is 10.0 Å². The number of aliphatic hydroxyl groups excluding tert-OH is 1. The predicted octanol–water partition coefficient (Wildman–Crippen LogP) is 1.04. The van der Waals surface area contributed by atoms with Gasteiger partial charge in [-0.05, 0) is 18.6 Å². The maximum absolute atomic E-state index is 10.9. The zero-order chi connectivity index (χ0) is 12.4. The standard InChI is InChI=1S/C11H11N3O3/c12-6-8-1-2-10(11(5-8)14(16)17)13-4-3-9(15)7-13/h1-2,5,9,15H,3-4,7H2/t9-/m0/s1. The molecule has 0 aromatic heterocycles. The van der Waals surface area contributed by atoms with Gasteiger partial charge in [0.05, 0.1) is 22.7 Å². The van der Waals surface area contributed by atoms with Crippen LogP contribution in [0.4, 0.5) is 11.4 Å². The number of nitrogens with zero attached hydrogens (tertiary/aromatic N) is 3. The summed E-state index contributed by atoms with van der Waals surface area (Å²) in [5.41, 5.74) is 0.642. The van der Waals surface area contributed by atoms with Crippen molar-refractivity contribution in [2.75, 3.05) is 18.0 Å². The minimum absolute atomic E-state index is 0.0850. The lowest BCUT2D eigenvalue weighted by atomic mass is 10.2. The minimum Gasteiger partial charge on any atom is -0.391 e. The van der Waals surface area contributed by atoms with Gasteiger partial charge in [0.15, 0.2) is 0 Å². The van der Waals surface area contributed by atoms with E-state index in [-0.39, 0.29) is 11.3 Å². The lowest BCUT2D eigenvalue weighted by molar-refractivity contribution is -0.384. The monoisotopic (exact) mass is 233 g/mol. The molecule has 1 aliphatic rings. The van der Waals surface area contributed by atoms with Crippen molar-refractivity contribution >= 4 is 11.4 Å². The van der Waals surface area contributed by atoms with Crippen LogP contribution in [-0.4, -0.2) is 29.2 Å². The fourth-order valence-corrected chi connectivity index (χ4v) is 1.97. The molecule has 2 rings (SSSR count). The smallest absolute Gasteiger partial charge is 0.293 e. The summed E-state index contributed by atoms with van der Waals surface area (Å²) in [4.78, 5) is 12.2. The molecular weight excluding hydrogens is 222 g/mol. The molecule has 0 saturated carbocycles. The molecule has 6 nitrogen and oxygen atoms in total. The fourth-order valence-electron chi connectivity index (χ4n) is 1.97. The van der Waals surface area contributed by atoms with E-state index in [9.17, 15) is 15.2 Å². The zero-order valence-electron chi connectivity index (χ0n) is 9.04. The summed E-state index contributed by atoms with van der Waals surface area (Å²) in [5.74, 6) is 0. The molecule has 1 heterocycles. The summed E-state index contributed by atoms with van der Waals surface area (Å²) < 4.78 is 0. The second-order valence-corrected chi connectivity index (χ2v) is 3.96. The molecule has 1 saturated heterocycles. The van der Waals surface area contributed by atoms with Gasteiger partial charge in [0, 0.05) is 19.2 Å². The molecule has 1 atom stereocenters. The summed E-state index contributed by atoms with van der Waals surface area (Å²) in [6.07, 6.45) is 0.169. The van der Waals surface area contributed by atoms with Gasteiger partial charge >= 0.3 is 0 Å². The largest absolute Gasteiger partial charge is 0.391 e. The average Bonchev–Trinajstić information content (AvgIpc) is 2.75. The number of nitriles is 1. The third-order valence-electron chi connectivity index (χ3n) is 2.81. The number of nitro groups is 1. The number of nitro benzene ring substituents is 1. The average molecular weight is 233 g/mol. The molecule has 1 aromatic carbocycles. The number of aliphatic hydroxyl groups is 1. The SMILES string of the molecule is N#Cc1ccc(N2CC[C@H](O)C2)c([N+](=O)[O-])c1. The van der Waals surface area contributed by atoms with Crippen LogP contribution >= 0.6 is 0 Å². The van der Waals surface area contributed by atoms with Gasteiger partial charge in [-0.2, -0.15) is 5.26 Å². The second kappa shape index (κ2) is 4.39. The highest BCUT2D eigenvalue weighted by Crippen LogP contribution is 2.31. The van der Waals surface area contributed by atoms with E-state index in [1.807, 2.05) is 6.07 Å². The van der Waals surface area contributed by atoms with Crippen molar-refractivity contribution in [3.63, 3.8) is 0 Å². The van der Waals surface area contributed by atoms with Crippen molar-refractivity contribution in [1.82, 2.24) is 0 Å². The van der Waals surface area contributed by atoms with E-state index in [0.29, 0.717) is 25.2 Å². The van der Waals surface area contributed by atoms with E-state index in [0.717, 1.165) is 0 Å². The van der Waals surface area contributed by atoms with Crippen LogP contribution in [0.1, 0.15) is 12.0 Å². The first-order valence-electron chi connectivity index (χ1n) is 5.23. The Morgan fingerprint density at radius 1 is 1.59 bits per heavy atom. The zero-order valence-corrected chi connectivity index (χ0v) is 9.04. The molecule has 0 bridgehead atoms. The number of rotatable bonds is 2. The summed E-state index contributed by atoms with van der Waals surface area (Å²) >= 11 is 0. The Bertz CT molecular complexity index is 495. The quantitative estimate of drug-likeness (QED) is 0.608. The molecule has 6 heteroatoms. The first kappa shape index (κ1) is 11.4. The van der Waals surface area contributed by atoms with Crippen LogP contribution in [0.3, 0.4) is 0 Å². The molecule has 1 N–H and O–H groups in total. The van der Waals surface area contributed by atoms with Gasteiger partial charge in [-0.3, -0.25) is 10.1 Å². The number of hydrogen-bond acceptors (Lipinski definition) is 5. The third-order valence-corrected chi connectivity index (χ3v) is 2.81. The van der Waals surface area contributed by atoms with E-state index >= 15 is 0 Å². The maximum atomic E-state index is 10.9. The van der Waals surface area contributed by atoms with Crippen LogP contribution < -0.4 is 4.90 Å². The molecule has 0 spiro atoms. The van der Waals surface area contributed by atoms with Crippen LogP contribution in [0.5, 0.6) is 0 Å². The molecule has 0 radical (unpaired) electrons. The number of benzene rings is 1. The Morgan fingerprint density at radius 2 is 2.35 bits per heavy atom. The highest BCUT2D eigenvalue weighted by atomic mass is 16.6. The Morgan fingerprint density at radius 3 is 2.88 bits per heavy atom. The maximum Gasteiger partial charge on any atom is 0.293 e. The van der Waals surface area contributed by atoms with Crippen molar-refractivity contribution in [2.45, 2.75) is 12.5 Å². The summed E-state index contributed by atoms with van der Waals surface area (Å²) in [7, 11) is 0. The van der Waals surface area contributed by atoms with Gasteiger partial charge in [0.1, 0.15) is 5.69 Å². The van der Waals surface area contributed by atoms with Gasteiger partial charge in [-0.15, -0.1) is 0 Å². The lowest BCUT2D eigenvalue weighted by Gasteiger charge is -2.17. The summed E-state index contributed by atoms with van der Waals surface area (Å²) in [6, 6.07) is 6.25. The van der Waals surface area contributed by atoms with Crippen molar-refractivity contribution in [1.29, 1.82) is 5.26 Å². The summed E-state index contributed by atoms with van der Waals surface area (Å²) in [5, 5.41) is 29.1. The van der Waals surface area contributed by atoms with Crippen LogP contribution in [0, 0.1) is 21.4 Å². The Kier molecular flexibility index (Phi) is 2.93. The van der Waals surface area contributed by atoms with Crippen LogP contribution in [0.15, 0.2) is 18.2 Å². The molecule has 1 aromatic rings. The van der Waals surface area contributed by atoms with Crippen molar-refractivity contribution in [3.05, 3.63) is 33.9 Å². The summed E-state index contributed by atoms with van der Waals surface area (Å²) in [6.45, 7) is 0.987. The highest BCUT2D eigenvalue weighted by Gasteiger charge is 2.26. The van der Waals surface area contributed by atoms with Crippen molar-refractivity contribution in [3.8, 4) is 6.07 Å². The van der Waals surface area contributed by atoms with E-state index < -0.39 is 11.0 Å². The van der Waals surface area contributed by atoms with E-state index in [1.165, 1.54) is 6.07 Å². The third kappa shape index (κ3) is 2.19. The number of hydrogen-bond donors (Lipinski definition) is 1. The Labute approximate surface area is 97.8 Å². The predicted molar refractivity (Wildman–Crippen MR) is 60.6 cm³/mol. The Balaban J connectivity index is 2.40. The number of anilines is 1. The molecule has 1 fully saturated rings. The molecule has 0 aliphatic carbocycles. The first-order chi connectivity index (χ1) is 8.11. The van der Waals surface area contributed by atoms with E-state index in [1.54, 1.807) is 17.0 Å². The van der Waals surface area contributed by atoms with Crippen molar-refractivity contribution in [2.24, 2.45) is 0 Å². The molecule has 0 amide bonds. The molecule has 1 aliphatic heterocycles. The lowest BCUT2D eigenvalue weighted by Crippen LogP contribution is -2.22. The van der Waals surface area contributed by atoms with Gasteiger partial charge in [0.2, 0.25) is 0 Å². The van der Waals surface area contributed by atoms with E-state index in [4.69, 9.17) is 5.26 Å². The topological polar surface area (TPSA) is 90.4 Å². The highest BCUT2D eigenvalue weighted by molar-refractivity contribution is 5.66. The molecule has 17 heavy (non-hydrogen) atoms. The molecule has 0 unspecified atom stereocenters. The van der Waals surface area contributed by atoms with Crippen LogP contribution in [-0.2, 0) is 0 Å². The Hall–Kier alpha value is -2.13. The van der Waals surface area contributed by atoms with Gasteiger partial charge in [-0.1, -0.05) is 0 Å². The van der Waals surface area contributed by atoms with Gasteiger partial charge in [-0.25, -0.2) is 0 Å². The minimum atomic E-state index is -0.499. The number of β-amino-alcohol motifs (C(OH)–C–C–N with tert-alkyl or cyclic N) is 1. The van der Waals surface area contributed by atoms with E-state index in [2.05, 4.69) is 0 Å². The van der Waals surface area contributed by atoms with Crippen molar-refractivity contribution < 1.29 is 10.0 Å². The first-order valence-corrected chi connectivity index (χ1v) is 5.23. The normalized spacial score (nSPS) is 19.1. The van der Waals surface area contributed by atoms with Crippen LogP contribution in [0.2, 0.25) is 0 Å². The van der Waals surface area contributed by atoms with Gasteiger partial charge in [0.25, 0.3) is 5.69 Å². The second-order valence-electron chi connectivity index (χ2n) is 3.96. The van der Waals surface area contributed by atoms with Crippen LogP contribution in [0.25, 0.3) is 0 Å². The fraction of sp³-hybridized carbons (Fsp3) is 0.364. The molecular formula is C11H11N3O3.